The lowest BCUT2D eigenvalue weighted by atomic mass is 10.3. The predicted molar refractivity (Wildman–Crippen MR) is 78.8 cm³/mol. The molecule has 0 aliphatic carbocycles. The van der Waals surface area contributed by atoms with Crippen molar-refractivity contribution in [2.45, 2.75) is 0 Å². The minimum Gasteiger partial charge on any atom is -0.456 e. The Morgan fingerprint density at radius 2 is 2.08 bits per heavy atom. The molecule has 3 heterocycles. The Balaban J connectivity index is 1.66. The number of benzene rings is 1. The van der Waals surface area contributed by atoms with Crippen LogP contribution in [0.1, 0.15) is 0 Å². The van der Waals surface area contributed by atoms with Gasteiger partial charge in [0.15, 0.2) is 5.69 Å². The van der Waals surface area contributed by atoms with Crippen LogP contribution in [0.25, 0.3) is 17.2 Å². The maximum Gasteiger partial charge on any atom is 0.227 e. The molecule has 0 bridgehead atoms. The van der Waals surface area contributed by atoms with Gasteiger partial charge in [-0.3, -0.25) is 4.98 Å². The smallest absolute Gasteiger partial charge is 0.227 e. The number of halogens is 1. The van der Waals surface area contributed by atoms with E-state index < -0.39 is 5.82 Å². The topological polar surface area (TPSA) is 107 Å². The van der Waals surface area contributed by atoms with Gasteiger partial charge in [-0.25, -0.2) is 4.39 Å². The number of tetrazole rings is 1. The first-order valence-corrected chi connectivity index (χ1v) is 6.83. The average Bonchev–Trinajstić information content (AvgIpc) is 3.27. The lowest BCUT2D eigenvalue weighted by Gasteiger charge is -2.07. The molecule has 4 rings (SSSR count). The first kappa shape index (κ1) is 13.9. The summed E-state index contributed by atoms with van der Waals surface area (Å²) in [6, 6.07) is 7.55. The van der Waals surface area contributed by atoms with E-state index in [0.29, 0.717) is 22.9 Å². The highest BCUT2D eigenvalue weighted by atomic mass is 19.1. The first-order valence-electron chi connectivity index (χ1n) is 6.83. The molecule has 3 aromatic heterocycles. The largest absolute Gasteiger partial charge is 0.456 e. The highest BCUT2D eigenvalue weighted by Gasteiger charge is 2.12. The van der Waals surface area contributed by atoms with Gasteiger partial charge in [0.2, 0.25) is 5.82 Å². The Morgan fingerprint density at radius 1 is 1.12 bits per heavy atom. The molecule has 0 aliphatic heterocycles. The predicted octanol–water partition coefficient (Wildman–Crippen LogP) is 1.77. The fourth-order valence-electron chi connectivity index (χ4n) is 2.00. The van der Waals surface area contributed by atoms with Crippen molar-refractivity contribution in [1.82, 2.24) is 40.6 Å². The monoisotopic (exact) mass is 324 g/mol. The number of ether oxygens (including phenoxy) is 1. The molecule has 0 saturated carbocycles. The second-order valence-corrected chi connectivity index (χ2v) is 4.69. The van der Waals surface area contributed by atoms with E-state index in [1.54, 1.807) is 24.4 Å². The molecule has 1 aromatic carbocycles. The summed E-state index contributed by atoms with van der Waals surface area (Å²) in [6.07, 6.45) is 4.61. The van der Waals surface area contributed by atoms with E-state index in [2.05, 4.69) is 35.8 Å². The third-order valence-electron chi connectivity index (χ3n) is 3.01. The number of nitrogens with one attached hydrogen (secondary N) is 1. The summed E-state index contributed by atoms with van der Waals surface area (Å²) in [5, 5.41) is 21.9. The van der Waals surface area contributed by atoms with E-state index >= 15 is 0 Å². The summed E-state index contributed by atoms with van der Waals surface area (Å²) in [6.45, 7) is 0. The summed E-state index contributed by atoms with van der Waals surface area (Å²) in [5.41, 5.74) is 0.792. The van der Waals surface area contributed by atoms with E-state index in [9.17, 15) is 4.39 Å². The molecule has 118 valence electrons. The molecule has 0 atom stereocenters. The quantitative estimate of drug-likeness (QED) is 0.609. The van der Waals surface area contributed by atoms with Gasteiger partial charge in [0.05, 0.1) is 18.1 Å². The zero-order chi connectivity index (χ0) is 16.4. The first-order chi connectivity index (χ1) is 11.8. The number of hydrogen-bond donors (Lipinski definition) is 1. The highest BCUT2D eigenvalue weighted by molar-refractivity contribution is 5.46. The van der Waals surface area contributed by atoms with Gasteiger partial charge in [-0.1, -0.05) is 0 Å². The van der Waals surface area contributed by atoms with Gasteiger partial charge in [-0.15, -0.1) is 15.0 Å². The molecule has 0 unspecified atom stereocenters. The second-order valence-electron chi connectivity index (χ2n) is 4.69. The van der Waals surface area contributed by atoms with Crippen molar-refractivity contribution in [3.8, 4) is 28.7 Å². The molecule has 0 spiro atoms. The minimum absolute atomic E-state index is 0.266. The number of hydrogen-bond acceptors (Lipinski definition) is 7. The number of H-pyrrole nitrogens is 1. The van der Waals surface area contributed by atoms with Gasteiger partial charge in [-0.2, -0.15) is 15.4 Å². The van der Waals surface area contributed by atoms with Gasteiger partial charge in [-0.05, 0) is 17.3 Å². The van der Waals surface area contributed by atoms with E-state index in [1.807, 2.05) is 0 Å². The molecule has 4 aromatic rings. The molecular formula is C14H9FN8O. The molecule has 9 nitrogen and oxygen atoms in total. The van der Waals surface area contributed by atoms with E-state index in [0.717, 1.165) is 0 Å². The van der Waals surface area contributed by atoms with Crippen LogP contribution in [0.4, 0.5) is 4.39 Å². The molecule has 24 heavy (non-hydrogen) atoms. The third-order valence-corrected chi connectivity index (χ3v) is 3.01. The maximum atomic E-state index is 13.9. The summed E-state index contributed by atoms with van der Waals surface area (Å²) in [4.78, 5) is 5.12. The average molecular weight is 324 g/mol. The van der Waals surface area contributed by atoms with Gasteiger partial charge < -0.3 is 4.74 Å². The zero-order valence-corrected chi connectivity index (χ0v) is 12.0. The van der Waals surface area contributed by atoms with E-state index in [-0.39, 0.29) is 5.82 Å². The van der Waals surface area contributed by atoms with Crippen LogP contribution < -0.4 is 4.74 Å². The second kappa shape index (κ2) is 5.83. The van der Waals surface area contributed by atoms with Crippen molar-refractivity contribution >= 4 is 0 Å². The van der Waals surface area contributed by atoms with Gasteiger partial charge >= 0.3 is 0 Å². The Hall–Kier alpha value is -3.69. The van der Waals surface area contributed by atoms with Gasteiger partial charge in [0, 0.05) is 24.4 Å². The number of aromatic amines is 1. The molecule has 10 heteroatoms. The van der Waals surface area contributed by atoms with Crippen molar-refractivity contribution in [2.75, 3.05) is 0 Å². The Labute approximate surface area is 134 Å². The van der Waals surface area contributed by atoms with Crippen molar-refractivity contribution in [2.24, 2.45) is 0 Å². The third kappa shape index (κ3) is 2.79. The molecule has 0 saturated heterocycles. The summed E-state index contributed by atoms with van der Waals surface area (Å²) >= 11 is 0. The van der Waals surface area contributed by atoms with Crippen molar-refractivity contribution in [3.63, 3.8) is 0 Å². The van der Waals surface area contributed by atoms with Crippen LogP contribution in [0.5, 0.6) is 11.5 Å². The van der Waals surface area contributed by atoms with Crippen molar-refractivity contribution in [1.29, 1.82) is 0 Å². The van der Waals surface area contributed by atoms with E-state index in [1.165, 1.54) is 29.3 Å². The Bertz CT molecular complexity index is 954. The SMILES string of the molecule is Fc1cc(Oc2cccnc2)cc(-n2nnc(-c3cn[nH]n3)n2)c1. The number of rotatable bonds is 4. The van der Waals surface area contributed by atoms with Crippen LogP contribution in [0.2, 0.25) is 0 Å². The highest BCUT2D eigenvalue weighted by Crippen LogP contribution is 2.24. The number of pyridine rings is 1. The molecule has 0 aliphatic rings. The minimum atomic E-state index is -0.494. The van der Waals surface area contributed by atoms with Crippen LogP contribution >= 0.6 is 0 Å². The molecule has 0 amide bonds. The van der Waals surface area contributed by atoms with Crippen LogP contribution in [0, 0.1) is 5.82 Å². The van der Waals surface area contributed by atoms with Crippen LogP contribution in [-0.2, 0) is 0 Å². The number of nitrogens with zero attached hydrogens (tertiary/aromatic N) is 7. The fraction of sp³-hybridized carbons (Fsp3) is 0. The summed E-state index contributed by atoms with van der Waals surface area (Å²) in [5.74, 6) is 0.552. The van der Waals surface area contributed by atoms with E-state index in [4.69, 9.17) is 4.74 Å². The van der Waals surface area contributed by atoms with Gasteiger partial charge in [0.25, 0.3) is 0 Å². The summed E-state index contributed by atoms with van der Waals surface area (Å²) < 4.78 is 19.5. The standard InChI is InChI=1S/C14H9FN8O/c15-9-4-10(6-12(5-9)24-11-2-1-3-16-7-11)23-20-14(19-22-23)13-8-17-21-18-13/h1-8H,(H,17,18,21). The molecule has 1 N–H and O–H groups in total. The van der Waals surface area contributed by atoms with Gasteiger partial charge in [0.1, 0.15) is 17.3 Å². The molecule has 0 radical (unpaired) electrons. The van der Waals surface area contributed by atoms with Crippen molar-refractivity contribution in [3.05, 3.63) is 54.7 Å². The lowest BCUT2D eigenvalue weighted by molar-refractivity contribution is 0.473. The van der Waals surface area contributed by atoms with Crippen LogP contribution in [-0.4, -0.2) is 40.6 Å². The zero-order valence-electron chi connectivity index (χ0n) is 12.0. The fourth-order valence-corrected chi connectivity index (χ4v) is 2.00. The Morgan fingerprint density at radius 3 is 2.88 bits per heavy atom. The number of aromatic nitrogens is 8. The molecule has 0 fully saturated rings. The summed E-state index contributed by atoms with van der Waals surface area (Å²) in [7, 11) is 0. The Kier molecular flexibility index (Phi) is 3.39. The maximum absolute atomic E-state index is 13.9. The van der Waals surface area contributed by atoms with Crippen molar-refractivity contribution < 1.29 is 9.13 Å². The lowest BCUT2D eigenvalue weighted by Crippen LogP contribution is -2.00. The van der Waals surface area contributed by atoms with Crippen LogP contribution in [0.15, 0.2) is 48.9 Å². The molecular weight excluding hydrogens is 315 g/mol. The van der Waals surface area contributed by atoms with Crippen LogP contribution in [0.3, 0.4) is 0 Å². The normalized spacial score (nSPS) is 10.7.